The number of nitrogens with zero attached hydrogens (tertiary/aromatic N) is 1. The van der Waals surface area contributed by atoms with Crippen LogP contribution in [0.1, 0.15) is 31.1 Å². The van der Waals surface area contributed by atoms with E-state index in [2.05, 4.69) is 5.32 Å². The SMILES string of the molecule is CCN(CC1COc2ccccc2O1)C(=O)C(NC(=O)c1ccccc1Cl)C(C)C. The Kier molecular flexibility index (Phi) is 7.21. The second-order valence-corrected chi connectivity index (χ2v) is 7.96. The quantitative estimate of drug-likeness (QED) is 0.725. The molecule has 30 heavy (non-hydrogen) atoms. The minimum absolute atomic E-state index is 0.0952. The number of fused-ring (bicyclic) bond motifs is 1. The molecule has 0 bridgehead atoms. The highest BCUT2D eigenvalue weighted by molar-refractivity contribution is 6.33. The second kappa shape index (κ2) is 9.85. The molecular weight excluding hydrogens is 404 g/mol. The summed E-state index contributed by atoms with van der Waals surface area (Å²) in [6, 6.07) is 13.6. The lowest BCUT2D eigenvalue weighted by Gasteiger charge is -2.33. The minimum atomic E-state index is -0.675. The summed E-state index contributed by atoms with van der Waals surface area (Å²) in [5.74, 6) is 0.757. The Morgan fingerprint density at radius 1 is 1.13 bits per heavy atom. The fourth-order valence-corrected chi connectivity index (χ4v) is 3.57. The van der Waals surface area contributed by atoms with Crippen LogP contribution >= 0.6 is 11.6 Å². The maximum Gasteiger partial charge on any atom is 0.253 e. The van der Waals surface area contributed by atoms with Crippen molar-refractivity contribution in [3.63, 3.8) is 0 Å². The van der Waals surface area contributed by atoms with Gasteiger partial charge in [0.2, 0.25) is 5.91 Å². The number of hydrogen-bond donors (Lipinski definition) is 1. The second-order valence-electron chi connectivity index (χ2n) is 7.55. The number of ether oxygens (including phenoxy) is 2. The molecule has 6 nitrogen and oxygen atoms in total. The predicted octanol–water partition coefficient (Wildman–Crippen LogP) is 3.78. The molecule has 0 fully saturated rings. The van der Waals surface area contributed by atoms with Crippen molar-refractivity contribution in [2.75, 3.05) is 19.7 Å². The zero-order valence-electron chi connectivity index (χ0n) is 17.4. The number of carbonyl (C=O) groups excluding carboxylic acids is 2. The van der Waals surface area contributed by atoms with Crippen molar-refractivity contribution < 1.29 is 19.1 Å². The molecule has 1 N–H and O–H groups in total. The van der Waals surface area contributed by atoms with E-state index in [4.69, 9.17) is 21.1 Å². The molecule has 2 unspecified atom stereocenters. The monoisotopic (exact) mass is 430 g/mol. The maximum absolute atomic E-state index is 13.3. The summed E-state index contributed by atoms with van der Waals surface area (Å²) in [7, 11) is 0. The van der Waals surface area contributed by atoms with Crippen LogP contribution in [0.5, 0.6) is 11.5 Å². The van der Waals surface area contributed by atoms with Gasteiger partial charge in [0, 0.05) is 6.54 Å². The molecule has 0 saturated heterocycles. The molecular formula is C23H27ClN2O4. The lowest BCUT2D eigenvalue weighted by atomic mass is 10.0. The lowest BCUT2D eigenvalue weighted by molar-refractivity contribution is -0.135. The molecule has 0 aliphatic carbocycles. The van der Waals surface area contributed by atoms with Crippen LogP contribution in [0.2, 0.25) is 5.02 Å². The number of para-hydroxylation sites is 2. The molecule has 0 saturated carbocycles. The minimum Gasteiger partial charge on any atom is -0.486 e. The van der Waals surface area contributed by atoms with Crippen molar-refractivity contribution in [3.8, 4) is 11.5 Å². The first-order valence-electron chi connectivity index (χ1n) is 10.1. The third-order valence-corrected chi connectivity index (χ3v) is 5.35. The standard InChI is InChI=1S/C23H27ClN2O4/c1-4-26(13-16-14-29-19-11-7-8-12-20(19)30-16)23(28)21(15(2)3)25-22(27)17-9-5-6-10-18(17)24/h5-12,15-16,21H,4,13-14H2,1-3H3,(H,25,27). The third-order valence-electron chi connectivity index (χ3n) is 5.02. The van der Waals surface area contributed by atoms with E-state index < -0.39 is 6.04 Å². The number of amides is 2. The van der Waals surface area contributed by atoms with E-state index in [0.29, 0.717) is 41.8 Å². The molecule has 1 aliphatic rings. The largest absolute Gasteiger partial charge is 0.486 e. The van der Waals surface area contributed by atoms with Crippen LogP contribution in [-0.2, 0) is 4.79 Å². The average molecular weight is 431 g/mol. The van der Waals surface area contributed by atoms with Gasteiger partial charge in [-0.3, -0.25) is 9.59 Å². The summed E-state index contributed by atoms with van der Waals surface area (Å²) >= 11 is 6.14. The van der Waals surface area contributed by atoms with Crippen LogP contribution in [0.15, 0.2) is 48.5 Å². The van der Waals surface area contributed by atoms with Gasteiger partial charge in [0.1, 0.15) is 12.6 Å². The zero-order valence-corrected chi connectivity index (χ0v) is 18.2. The highest BCUT2D eigenvalue weighted by Gasteiger charge is 2.31. The van der Waals surface area contributed by atoms with E-state index in [1.807, 2.05) is 45.0 Å². The van der Waals surface area contributed by atoms with Gasteiger partial charge >= 0.3 is 0 Å². The van der Waals surface area contributed by atoms with E-state index in [1.54, 1.807) is 29.2 Å². The molecule has 2 aromatic carbocycles. The molecule has 160 valence electrons. The highest BCUT2D eigenvalue weighted by atomic mass is 35.5. The average Bonchev–Trinajstić information content (AvgIpc) is 2.75. The van der Waals surface area contributed by atoms with Gasteiger partial charge in [-0.2, -0.15) is 0 Å². The predicted molar refractivity (Wildman–Crippen MR) is 116 cm³/mol. The van der Waals surface area contributed by atoms with Gasteiger partial charge < -0.3 is 19.7 Å². The number of nitrogens with one attached hydrogen (secondary N) is 1. The van der Waals surface area contributed by atoms with E-state index in [9.17, 15) is 9.59 Å². The van der Waals surface area contributed by atoms with Gasteiger partial charge in [0.25, 0.3) is 5.91 Å². The molecule has 2 amide bonds. The molecule has 3 rings (SSSR count). The Balaban J connectivity index is 1.69. The van der Waals surface area contributed by atoms with Crippen LogP contribution in [0.25, 0.3) is 0 Å². The summed E-state index contributed by atoms with van der Waals surface area (Å²) in [6.45, 7) is 6.93. The Bertz CT molecular complexity index is 902. The number of carbonyl (C=O) groups is 2. The first-order valence-corrected chi connectivity index (χ1v) is 10.5. The summed E-state index contributed by atoms with van der Waals surface area (Å²) in [4.78, 5) is 27.7. The molecule has 7 heteroatoms. The Morgan fingerprint density at radius 3 is 2.47 bits per heavy atom. The molecule has 0 spiro atoms. The summed E-state index contributed by atoms with van der Waals surface area (Å²) in [6.07, 6.45) is -0.282. The molecule has 0 radical (unpaired) electrons. The van der Waals surface area contributed by atoms with Crippen molar-refractivity contribution in [1.82, 2.24) is 10.2 Å². The Morgan fingerprint density at radius 2 is 1.80 bits per heavy atom. The Hall–Kier alpha value is -2.73. The summed E-state index contributed by atoms with van der Waals surface area (Å²) in [5, 5.41) is 3.21. The number of halogens is 1. The van der Waals surface area contributed by atoms with E-state index in [-0.39, 0.29) is 23.8 Å². The van der Waals surface area contributed by atoms with Crippen LogP contribution in [-0.4, -0.2) is 48.6 Å². The number of hydrogen-bond acceptors (Lipinski definition) is 4. The fourth-order valence-electron chi connectivity index (χ4n) is 3.35. The van der Waals surface area contributed by atoms with Crippen LogP contribution < -0.4 is 14.8 Å². The van der Waals surface area contributed by atoms with Crippen molar-refractivity contribution >= 4 is 23.4 Å². The lowest BCUT2D eigenvalue weighted by Crippen LogP contribution is -2.54. The molecule has 1 aliphatic heterocycles. The van der Waals surface area contributed by atoms with Gasteiger partial charge in [-0.25, -0.2) is 0 Å². The van der Waals surface area contributed by atoms with Crippen LogP contribution in [0, 0.1) is 5.92 Å². The smallest absolute Gasteiger partial charge is 0.253 e. The summed E-state index contributed by atoms with van der Waals surface area (Å²) in [5.41, 5.74) is 0.348. The maximum atomic E-state index is 13.3. The van der Waals surface area contributed by atoms with Gasteiger partial charge in [-0.15, -0.1) is 0 Å². The highest BCUT2D eigenvalue weighted by Crippen LogP contribution is 2.31. The fraction of sp³-hybridized carbons (Fsp3) is 0.391. The molecule has 0 aromatic heterocycles. The first kappa shape index (κ1) is 22.0. The normalized spacial score (nSPS) is 16.1. The topological polar surface area (TPSA) is 67.9 Å². The number of benzene rings is 2. The third kappa shape index (κ3) is 5.05. The van der Waals surface area contributed by atoms with Crippen molar-refractivity contribution in [3.05, 3.63) is 59.1 Å². The van der Waals surface area contributed by atoms with E-state index in [0.717, 1.165) is 0 Å². The molecule has 2 atom stereocenters. The number of rotatable bonds is 7. The first-order chi connectivity index (χ1) is 14.4. The van der Waals surface area contributed by atoms with Gasteiger partial charge in [0.15, 0.2) is 17.6 Å². The molecule has 2 aromatic rings. The van der Waals surface area contributed by atoms with Crippen LogP contribution in [0.3, 0.4) is 0 Å². The zero-order chi connectivity index (χ0) is 21.7. The van der Waals surface area contributed by atoms with Gasteiger partial charge in [-0.1, -0.05) is 49.7 Å². The van der Waals surface area contributed by atoms with Gasteiger partial charge in [-0.05, 0) is 37.1 Å². The summed E-state index contributed by atoms with van der Waals surface area (Å²) < 4.78 is 11.8. The van der Waals surface area contributed by atoms with Crippen molar-refractivity contribution in [2.45, 2.75) is 32.9 Å². The number of likely N-dealkylation sites (N-methyl/N-ethyl adjacent to an activating group) is 1. The van der Waals surface area contributed by atoms with E-state index >= 15 is 0 Å². The van der Waals surface area contributed by atoms with Crippen molar-refractivity contribution in [1.29, 1.82) is 0 Å². The molecule has 1 heterocycles. The van der Waals surface area contributed by atoms with E-state index in [1.165, 1.54) is 0 Å². The van der Waals surface area contributed by atoms with Crippen LogP contribution in [0.4, 0.5) is 0 Å². The van der Waals surface area contributed by atoms with Crippen molar-refractivity contribution in [2.24, 2.45) is 5.92 Å². The Labute approximate surface area is 182 Å². The van der Waals surface area contributed by atoms with Gasteiger partial charge in [0.05, 0.1) is 17.1 Å².